The fourth-order valence-corrected chi connectivity index (χ4v) is 3.58. The van der Waals surface area contributed by atoms with Crippen LogP contribution >= 0.6 is 11.3 Å². The number of nitrogens with one attached hydrogen (secondary N) is 2. The summed E-state index contributed by atoms with van der Waals surface area (Å²) in [5, 5.41) is 9.31. The van der Waals surface area contributed by atoms with Gasteiger partial charge in [0.15, 0.2) is 11.1 Å². The molecule has 8 heteroatoms. The Kier molecular flexibility index (Phi) is 6.21. The van der Waals surface area contributed by atoms with Gasteiger partial charge in [-0.15, -0.1) is 11.3 Å². The topological polar surface area (TPSA) is 74.7 Å². The predicted molar refractivity (Wildman–Crippen MR) is 119 cm³/mol. The highest BCUT2D eigenvalue weighted by molar-refractivity contribution is 7.14. The van der Waals surface area contributed by atoms with Crippen molar-refractivity contribution in [3.05, 3.63) is 53.9 Å². The number of para-hydroxylation sites is 1. The summed E-state index contributed by atoms with van der Waals surface area (Å²) in [5.74, 6) is 2.55. The van der Waals surface area contributed by atoms with Crippen molar-refractivity contribution in [2.24, 2.45) is 4.99 Å². The van der Waals surface area contributed by atoms with E-state index in [1.807, 2.05) is 61.0 Å². The number of hydrogen-bond acceptors (Lipinski definition) is 8. The molecule has 0 saturated carbocycles. The van der Waals surface area contributed by atoms with Crippen molar-refractivity contribution < 1.29 is 4.74 Å². The molecule has 7 nitrogen and oxygen atoms in total. The quantitative estimate of drug-likeness (QED) is 0.623. The van der Waals surface area contributed by atoms with Crippen molar-refractivity contribution in [1.29, 1.82) is 0 Å². The molecule has 4 rings (SSSR count). The summed E-state index contributed by atoms with van der Waals surface area (Å²) in [6, 6.07) is 15.8. The van der Waals surface area contributed by atoms with Crippen molar-refractivity contribution >= 4 is 28.2 Å². The molecular weight excluding hydrogens is 384 g/mol. The van der Waals surface area contributed by atoms with E-state index in [-0.39, 0.29) is 0 Å². The van der Waals surface area contributed by atoms with Crippen LogP contribution in [0, 0.1) is 0 Å². The molecule has 2 aromatic heterocycles. The van der Waals surface area contributed by atoms with Crippen molar-refractivity contribution in [3.8, 4) is 17.1 Å². The number of hydrogen-bond donors (Lipinski definition) is 2. The Labute approximate surface area is 174 Å². The van der Waals surface area contributed by atoms with Crippen LogP contribution in [-0.2, 0) is 0 Å². The van der Waals surface area contributed by atoms with Crippen molar-refractivity contribution in [2.75, 3.05) is 43.5 Å². The molecule has 1 aliphatic rings. The Bertz CT molecular complexity index is 959. The molecule has 0 fully saturated rings. The number of aliphatic imine (C=N–C) groups is 1. The van der Waals surface area contributed by atoms with Crippen LogP contribution in [0.15, 0.2) is 58.9 Å². The number of aromatic nitrogens is 2. The zero-order valence-electron chi connectivity index (χ0n) is 16.3. The predicted octanol–water partition coefficient (Wildman–Crippen LogP) is 3.48. The summed E-state index contributed by atoms with van der Waals surface area (Å²) in [6.07, 6.45) is 1.06. The van der Waals surface area contributed by atoms with Crippen LogP contribution in [0.5, 0.6) is 5.75 Å². The van der Waals surface area contributed by atoms with Crippen LogP contribution in [0.25, 0.3) is 11.4 Å². The first-order chi connectivity index (χ1) is 14.3. The lowest BCUT2D eigenvalue weighted by Gasteiger charge is -2.18. The van der Waals surface area contributed by atoms with Gasteiger partial charge in [-0.05, 0) is 30.7 Å². The number of rotatable bonds is 7. The molecule has 0 atom stereocenters. The molecular formula is C21H24N6OS. The minimum absolute atomic E-state index is 0.590. The smallest absolute Gasteiger partial charge is 0.197 e. The molecule has 0 spiro atoms. The van der Waals surface area contributed by atoms with E-state index in [1.165, 1.54) is 0 Å². The maximum atomic E-state index is 5.78. The SMILES string of the molecule is CN(CCOc1ccccc1)c1cccc(-c2csc(NC3=NCCCN3)n2)n1. The van der Waals surface area contributed by atoms with Gasteiger partial charge in [-0.1, -0.05) is 24.3 Å². The maximum absolute atomic E-state index is 5.78. The van der Waals surface area contributed by atoms with E-state index in [9.17, 15) is 0 Å². The lowest BCUT2D eigenvalue weighted by molar-refractivity contribution is 0.325. The van der Waals surface area contributed by atoms with Crippen molar-refractivity contribution in [2.45, 2.75) is 6.42 Å². The number of nitrogens with zero attached hydrogens (tertiary/aromatic N) is 4. The molecule has 0 aliphatic carbocycles. The minimum atomic E-state index is 0.590. The van der Waals surface area contributed by atoms with Crippen LogP contribution in [0.3, 0.4) is 0 Å². The van der Waals surface area contributed by atoms with Crippen LogP contribution in [-0.4, -0.2) is 49.2 Å². The Balaban J connectivity index is 1.37. The third-order valence-electron chi connectivity index (χ3n) is 4.45. The molecule has 1 aromatic carbocycles. The number of thiazole rings is 1. The summed E-state index contributed by atoms with van der Waals surface area (Å²) in [7, 11) is 2.02. The number of guanidine groups is 1. The average molecular weight is 409 g/mol. The van der Waals surface area contributed by atoms with Crippen LogP contribution in [0.4, 0.5) is 10.9 Å². The fourth-order valence-electron chi connectivity index (χ4n) is 2.88. The largest absolute Gasteiger partial charge is 0.492 e. The van der Waals surface area contributed by atoms with Crippen LogP contribution < -0.4 is 20.3 Å². The first-order valence-electron chi connectivity index (χ1n) is 9.65. The second kappa shape index (κ2) is 9.38. The van der Waals surface area contributed by atoms with E-state index >= 15 is 0 Å². The Morgan fingerprint density at radius 1 is 1.10 bits per heavy atom. The molecule has 0 unspecified atom stereocenters. The summed E-state index contributed by atoms with van der Waals surface area (Å²) in [4.78, 5) is 15.9. The number of likely N-dealkylation sites (N-methyl/N-ethyl adjacent to an activating group) is 1. The third kappa shape index (κ3) is 5.23. The number of benzene rings is 1. The van der Waals surface area contributed by atoms with Crippen molar-refractivity contribution in [3.63, 3.8) is 0 Å². The average Bonchev–Trinajstić information content (AvgIpc) is 3.24. The normalized spacial score (nSPS) is 13.3. The van der Waals surface area contributed by atoms with Crippen LogP contribution in [0.1, 0.15) is 6.42 Å². The zero-order chi connectivity index (χ0) is 19.9. The second-order valence-electron chi connectivity index (χ2n) is 6.64. The molecule has 1 aliphatic heterocycles. The first kappa shape index (κ1) is 19.2. The zero-order valence-corrected chi connectivity index (χ0v) is 17.2. The van der Waals surface area contributed by atoms with E-state index in [2.05, 4.69) is 25.5 Å². The highest BCUT2D eigenvalue weighted by Gasteiger charge is 2.11. The molecule has 150 valence electrons. The molecule has 0 radical (unpaired) electrons. The van der Waals surface area contributed by atoms with Gasteiger partial charge >= 0.3 is 0 Å². The molecule has 29 heavy (non-hydrogen) atoms. The Morgan fingerprint density at radius 3 is 2.83 bits per heavy atom. The van der Waals surface area contributed by atoms with E-state index in [0.717, 1.165) is 60.1 Å². The van der Waals surface area contributed by atoms with E-state index in [1.54, 1.807) is 11.3 Å². The van der Waals surface area contributed by atoms with Gasteiger partial charge in [0.2, 0.25) is 0 Å². The molecule has 0 saturated heterocycles. The Hall–Kier alpha value is -3.13. The van der Waals surface area contributed by atoms with Gasteiger partial charge in [-0.2, -0.15) is 0 Å². The molecule has 0 bridgehead atoms. The fraction of sp³-hybridized carbons (Fsp3) is 0.286. The number of anilines is 2. The van der Waals surface area contributed by atoms with Crippen molar-refractivity contribution in [1.82, 2.24) is 15.3 Å². The van der Waals surface area contributed by atoms with Gasteiger partial charge in [0.05, 0.1) is 12.2 Å². The molecule has 2 N–H and O–H groups in total. The summed E-state index contributed by atoms with van der Waals surface area (Å²) < 4.78 is 5.78. The van der Waals surface area contributed by atoms with E-state index in [0.29, 0.717) is 6.61 Å². The first-order valence-corrected chi connectivity index (χ1v) is 10.5. The molecule has 3 aromatic rings. The standard InChI is InChI=1S/C21H24N6OS/c1-27(13-14-28-16-7-3-2-4-8-16)19-10-5-9-17(24-19)18-15-29-21(25-18)26-20-22-11-6-12-23-20/h2-5,7-10,15H,6,11-14H2,1H3,(H2,22,23,25,26). The minimum Gasteiger partial charge on any atom is -0.492 e. The lowest BCUT2D eigenvalue weighted by Crippen LogP contribution is -2.35. The van der Waals surface area contributed by atoms with Gasteiger partial charge in [-0.3, -0.25) is 4.99 Å². The van der Waals surface area contributed by atoms with E-state index < -0.39 is 0 Å². The van der Waals surface area contributed by atoms with Gasteiger partial charge in [0.1, 0.15) is 23.9 Å². The summed E-state index contributed by atoms with van der Waals surface area (Å²) in [6.45, 7) is 3.11. The van der Waals surface area contributed by atoms with Gasteiger partial charge in [0.25, 0.3) is 0 Å². The summed E-state index contributed by atoms with van der Waals surface area (Å²) in [5.41, 5.74) is 1.70. The highest BCUT2D eigenvalue weighted by Crippen LogP contribution is 2.25. The number of pyridine rings is 1. The second-order valence-corrected chi connectivity index (χ2v) is 7.50. The van der Waals surface area contributed by atoms with E-state index in [4.69, 9.17) is 9.72 Å². The number of ether oxygens (including phenoxy) is 1. The molecule has 0 amide bonds. The third-order valence-corrected chi connectivity index (χ3v) is 5.21. The molecule has 3 heterocycles. The Morgan fingerprint density at radius 2 is 2.00 bits per heavy atom. The maximum Gasteiger partial charge on any atom is 0.197 e. The van der Waals surface area contributed by atoms with Gasteiger partial charge in [-0.25, -0.2) is 9.97 Å². The van der Waals surface area contributed by atoms with Gasteiger partial charge in [0, 0.05) is 25.5 Å². The monoisotopic (exact) mass is 408 g/mol. The summed E-state index contributed by atoms with van der Waals surface area (Å²) >= 11 is 1.55. The lowest BCUT2D eigenvalue weighted by atomic mass is 10.3. The van der Waals surface area contributed by atoms with Crippen LogP contribution in [0.2, 0.25) is 0 Å². The van der Waals surface area contributed by atoms with Gasteiger partial charge < -0.3 is 20.3 Å². The highest BCUT2D eigenvalue weighted by atomic mass is 32.1.